The zero-order chi connectivity index (χ0) is 17.4. The standard InChI is InChI=1S/C20H21N3OS/c1-13-5-3-6-15(14(13)2)11-23-9-8-17-16(12-23)20(24)22-19(21-17)18-7-4-10-25-18/h3-7,10H,8-9,11-12H2,1-2H3,(H,21,22,24). The van der Waals surface area contributed by atoms with Crippen LogP contribution in [0.3, 0.4) is 0 Å². The SMILES string of the molecule is Cc1cccc(CN2CCc3nc(-c4cccs4)[nH]c(=O)c3C2)c1C. The summed E-state index contributed by atoms with van der Waals surface area (Å²) in [7, 11) is 0. The van der Waals surface area contributed by atoms with Gasteiger partial charge in [-0.2, -0.15) is 0 Å². The van der Waals surface area contributed by atoms with Crippen LogP contribution in [0, 0.1) is 13.8 Å². The summed E-state index contributed by atoms with van der Waals surface area (Å²) in [6.45, 7) is 6.78. The Morgan fingerprint density at radius 1 is 1.24 bits per heavy atom. The first kappa shape index (κ1) is 16.2. The Labute approximate surface area is 151 Å². The summed E-state index contributed by atoms with van der Waals surface area (Å²) >= 11 is 1.60. The summed E-state index contributed by atoms with van der Waals surface area (Å²) in [6.07, 6.45) is 0.822. The van der Waals surface area contributed by atoms with E-state index in [-0.39, 0.29) is 5.56 Å². The van der Waals surface area contributed by atoms with Crippen LogP contribution in [0.2, 0.25) is 0 Å². The third-order valence-electron chi connectivity index (χ3n) is 5.01. The zero-order valence-corrected chi connectivity index (χ0v) is 15.3. The summed E-state index contributed by atoms with van der Waals surface area (Å²) in [6, 6.07) is 10.4. The third kappa shape index (κ3) is 3.17. The number of fused-ring (bicyclic) bond motifs is 1. The monoisotopic (exact) mass is 351 g/mol. The molecule has 3 heterocycles. The molecule has 0 radical (unpaired) electrons. The molecular weight excluding hydrogens is 330 g/mol. The number of thiophene rings is 1. The molecule has 1 aliphatic rings. The predicted octanol–water partition coefficient (Wildman–Crippen LogP) is 3.67. The number of nitrogens with zero attached hydrogens (tertiary/aromatic N) is 2. The van der Waals surface area contributed by atoms with E-state index in [1.807, 2.05) is 17.5 Å². The predicted molar refractivity (Wildman–Crippen MR) is 102 cm³/mol. The van der Waals surface area contributed by atoms with Gasteiger partial charge in [-0.05, 0) is 42.0 Å². The molecule has 0 fully saturated rings. The van der Waals surface area contributed by atoms with Gasteiger partial charge in [0, 0.05) is 26.1 Å². The van der Waals surface area contributed by atoms with E-state index in [0.717, 1.165) is 35.6 Å². The van der Waals surface area contributed by atoms with Gasteiger partial charge in [0.15, 0.2) is 5.82 Å². The highest BCUT2D eigenvalue weighted by molar-refractivity contribution is 7.13. The molecule has 4 rings (SSSR count). The van der Waals surface area contributed by atoms with Gasteiger partial charge in [-0.1, -0.05) is 24.3 Å². The van der Waals surface area contributed by atoms with E-state index in [2.05, 4.69) is 41.9 Å². The maximum atomic E-state index is 12.6. The van der Waals surface area contributed by atoms with Crippen LogP contribution in [0.1, 0.15) is 27.9 Å². The van der Waals surface area contributed by atoms with Gasteiger partial charge in [-0.25, -0.2) is 4.98 Å². The lowest BCUT2D eigenvalue weighted by Crippen LogP contribution is -2.35. The van der Waals surface area contributed by atoms with Crippen molar-refractivity contribution >= 4 is 11.3 Å². The highest BCUT2D eigenvalue weighted by Gasteiger charge is 2.22. The number of aromatic nitrogens is 2. The minimum Gasteiger partial charge on any atom is -0.306 e. The molecule has 2 aromatic heterocycles. The van der Waals surface area contributed by atoms with Crippen LogP contribution >= 0.6 is 11.3 Å². The van der Waals surface area contributed by atoms with Crippen LogP contribution < -0.4 is 5.56 Å². The molecule has 25 heavy (non-hydrogen) atoms. The molecule has 1 aromatic carbocycles. The molecule has 1 N–H and O–H groups in total. The van der Waals surface area contributed by atoms with Crippen LogP contribution in [0.15, 0.2) is 40.5 Å². The first-order chi connectivity index (χ1) is 12.1. The van der Waals surface area contributed by atoms with E-state index in [1.165, 1.54) is 16.7 Å². The van der Waals surface area contributed by atoms with Crippen molar-refractivity contribution in [1.29, 1.82) is 0 Å². The van der Waals surface area contributed by atoms with Crippen molar-refractivity contribution in [1.82, 2.24) is 14.9 Å². The summed E-state index contributed by atoms with van der Waals surface area (Å²) in [5.41, 5.74) is 5.76. The number of rotatable bonds is 3. The lowest BCUT2D eigenvalue weighted by Gasteiger charge is -2.28. The highest BCUT2D eigenvalue weighted by atomic mass is 32.1. The van der Waals surface area contributed by atoms with Crippen LogP contribution in [-0.2, 0) is 19.5 Å². The van der Waals surface area contributed by atoms with Crippen molar-refractivity contribution < 1.29 is 0 Å². The van der Waals surface area contributed by atoms with Crippen molar-refractivity contribution in [3.05, 3.63) is 74.0 Å². The van der Waals surface area contributed by atoms with Gasteiger partial charge in [-0.15, -0.1) is 11.3 Å². The highest BCUT2D eigenvalue weighted by Crippen LogP contribution is 2.23. The first-order valence-electron chi connectivity index (χ1n) is 8.55. The molecule has 4 nitrogen and oxygen atoms in total. The van der Waals surface area contributed by atoms with Crippen molar-refractivity contribution in [2.75, 3.05) is 6.54 Å². The summed E-state index contributed by atoms with van der Waals surface area (Å²) in [4.78, 5) is 23.6. The van der Waals surface area contributed by atoms with Crippen molar-refractivity contribution in [2.45, 2.75) is 33.4 Å². The van der Waals surface area contributed by atoms with Crippen LogP contribution in [0.4, 0.5) is 0 Å². The molecule has 128 valence electrons. The second-order valence-electron chi connectivity index (χ2n) is 6.64. The molecule has 3 aromatic rings. The number of benzene rings is 1. The fourth-order valence-corrected chi connectivity index (χ4v) is 4.04. The molecular formula is C20H21N3OS. The number of nitrogens with one attached hydrogen (secondary N) is 1. The average Bonchev–Trinajstić information content (AvgIpc) is 3.14. The smallest absolute Gasteiger partial charge is 0.255 e. The fourth-order valence-electron chi connectivity index (χ4n) is 3.37. The maximum absolute atomic E-state index is 12.6. The van der Waals surface area contributed by atoms with Gasteiger partial charge < -0.3 is 4.98 Å². The number of H-pyrrole nitrogens is 1. The van der Waals surface area contributed by atoms with Gasteiger partial charge in [-0.3, -0.25) is 9.69 Å². The maximum Gasteiger partial charge on any atom is 0.255 e. The second kappa shape index (κ2) is 6.58. The van der Waals surface area contributed by atoms with E-state index >= 15 is 0 Å². The number of hydrogen-bond donors (Lipinski definition) is 1. The Balaban J connectivity index is 1.59. The lowest BCUT2D eigenvalue weighted by molar-refractivity contribution is 0.241. The number of aromatic amines is 1. The molecule has 1 aliphatic heterocycles. The molecule has 5 heteroatoms. The van der Waals surface area contributed by atoms with E-state index in [9.17, 15) is 4.79 Å². The minimum absolute atomic E-state index is 0.000867. The molecule has 0 saturated carbocycles. The summed E-state index contributed by atoms with van der Waals surface area (Å²) in [5.74, 6) is 0.696. The largest absolute Gasteiger partial charge is 0.306 e. The Kier molecular flexibility index (Phi) is 4.27. The average molecular weight is 351 g/mol. The molecule has 0 spiro atoms. The van der Waals surface area contributed by atoms with E-state index in [1.54, 1.807) is 11.3 Å². The zero-order valence-electron chi connectivity index (χ0n) is 14.5. The summed E-state index contributed by atoms with van der Waals surface area (Å²) in [5, 5.41) is 2.00. The minimum atomic E-state index is -0.000867. The number of hydrogen-bond acceptors (Lipinski definition) is 4. The van der Waals surface area contributed by atoms with Gasteiger partial charge in [0.1, 0.15) is 0 Å². The van der Waals surface area contributed by atoms with E-state index in [4.69, 9.17) is 4.98 Å². The Hall–Kier alpha value is -2.24. The van der Waals surface area contributed by atoms with Crippen LogP contribution in [-0.4, -0.2) is 21.4 Å². The van der Waals surface area contributed by atoms with Crippen LogP contribution in [0.25, 0.3) is 10.7 Å². The van der Waals surface area contributed by atoms with Gasteiger partial charge in [0.05, 0.1) is 16.1 Å². The molecule has 0 aliphatic carbocycles. The summed E-state index contributed by atoms with van der Waals surface area (Å²) < 4.78 is 0. The fraction of sp³-hybridized carbons (Fsp3) is 0.300. The first-order valence-corrected chi connectivity index (χ1v) is 9.43. The van der Waals surface area contributed by atoms with Gasteiger partial charge in [0.25, 0.3) is 5.56 Å². The van der Waals surface area contributed by atoms with E-state index < -0.39 is 0 Å². The van der Waals surface area contributed by atoms with Crippen LogP contribution in [0.5, 0.6) is 0 Å². The normalized spacial score (nSPS) is 14.5. The van der Waals surface area contributed by atoms with Gasteiger partial charge in [0.2, 0.25) is 0 Å². The molecule has 0 amide bonds. The Morgan fingerprint density at radius 3 is 2.92 bits per heavy atom. The quantitative estimate of drug-likeness (QED) is 0.783. The Morgan fingerprint density at radius 2 is 2.12 bits per heavy atom. The molecule has 0 bridgehead atoms. The van der Waals surface area contributed by atoms with Crippen molar-refractivity contribution in [2.24, 2.45) is 0 Å². The van der Waals surface area contributed by atoms with Crippen molar-refractivity contribution in [3.63, 3.8) is 0 Å². The second-order valence-corrected chi connectivity index (χ2v) is 7.58. The molecule has 0 atom stereocenters. The number of aryl methyl sites for hydroxylation is 1. The van der Waals surface area contributed by atoms with Gasteiger partial charge >= 0.3 is 0 Å². The topological polar surface area (TPSA) is 49.0 Å². The van der Waals surface area contributed by atoms with E-state index in [0.29, 0.717) is 12.4 Å². The molecule has 0 saturated heterocycles. The lowest BCUT2D eigenvalue weighted by atomic mass is 10.0. The molecule has 0 unspecified atom stereocenters. The van der Waals surface area contributed by atoms with Crippen molar-refractivity contribution in [3.8, 4) is 10.7 Å². The Bertz CT molecular complexity index is 960. The third-order valence-corrected chi connectivity index (χ3v) is 5.89.